The second-order valence-electron chi connectivity index (χ2n) is 6.05. The number of hydrogen-bond donors (Lipinski definition) is 1. The van der Waals surface area contributed by atoms with Crippen LogP contribution >= 0.6 is 0 Å². The van der Waals surface area contributed by atoms with Crippen LogP contribution in [0, 0.1) is 13.8 Å². The molecule has 0 atom stereocenters. The van der Waals surface area contributed by atoms with Gasteiger partial charge in [-0.2, -0.15) is 15.0 Å². The lowest BCUT2D eigenvalue weighted by Crippen LogP contribution is -2.13. The summed E-state index contributed by atoms with van der Waals surface area (Å²) in [4.78, 5) is 18.2. The van der Waals surface area contributed by atoms with Crippen LogP contribution in [0.15, 0.2) is 60.9 Å². The van der Waals surface area contributed by atoms with Crippen LogP contribution in [0.1, 0.15) is 21.9 Å². The van der Waals surface area contributed by atoms with Crippen LogP contribution in [-0.4, -0.2) is 35.7 Å². The predicted octanol–water partition coefficient (Wildman–Crippen LogP) is 2.72. The molecule has 0 saturated carbocycles. The number of amides is 1. The van der Waals surface area contributed by atoms with Crippen LogP contribution < -0.4 is 5.32 Å². The van der Waals surface area contributed by atoms with Crippen molar-refractivity contribution in [1.29, 1.82) is 0 Å². The minimum absolute atomic E-state index is 0.224. The molecule has 4 aromatic rings. The molecule has 8 heteroatoms. The van der Waals surface area contributed by atoms with E-state index < -0.39 is 0 Å². The Kier molecular flexibility index (Phi) is 4.21. The number of hydrogen-bond acceptors (Lipinski definition) is 5. The Labute approximate surface area is 155 Å². The summed E-state index contributed by atoms with van der Waals surface area (Å²) in [5.41, 5.74) is 3.50. The second-order valence-corrected chi connectivity index (χ2v) is 6.05. The van der Waals surface area contributed by atoms with Crippen LogP contribution in [0.5, 0.6) is 0 Å². The second kappa shape index (κ2) is 6.83. The molecule has 27 heavy (non-hydrogen) atoms. The van der Waals surface area contributed by atoms with E-state index in [1.165, 1.54) is 11.0 Å². The molecule has 1 N–H and O–H groups in total. The van der Waals surface area contributed by atoms with E-state index in [1.54, 1.807) is 23.0 Å². The van der Waals surface area contributed by atoms with E-state index in [0.29, 0.717) is 11.5 Å². The van der Waals surface area contributed by atoms with Crippen molar-refractivity contribution in [3.05, 3.63) is 78.0 Å². The van der Waals surface area contributed by atoms with E-state index in [0.717, 1.165) is 17.1 Å². The van der Waals surface area contributed by atoms with Crippen LogP contribution in [0.4, 0.5) is 5.69 Å². The van der Waals surface area contributed by atoms with Crippen molar-refractivity contribution in [1.82, 2.24) is 29.8 Å². The SMILES string of the molecule is Cc1cc(C)n(-c2ccc(NC(=O)c3cnn(-c4ccccc4)n3)cn2)n1. The minimum Gasteiger partial charge on any atom is -0.319 e. The van der Waals surface area contributed by atoms with Crippen molar-refractivity contribution in [2.24, 2.45) is 0 Å². The van der Waals surface area contributed by atoms with E-state index in [1.807, 2.05) is 50.2 Å². The molecule has 0 fully saturated rings. The molecule has 0 saturated heterocycles. The lowest BCUT2D eigenvalue weighted by molar-refractivity contribution is 0.102. The molecule has 0 aliphatic heterocycles. The van der Waals surface area contributed by atoms with Gasteiger partial charge in [-0.15, -0.1) is 5.10 Å². The third-order valence-corrected chi connectivity index (χ3v) is 3.94. The predicted molar refractivity (Wildman–Crippen MR) is 100 cm³/mol. The van der Waals surface area contributed by atoms with Crippen molar-refractivity contribution in [3.63, 3.8) is 0 Å². The number of benzene rings is 1. The Morgan fingerprint density at radius 1 is 1.00 bits per heavy atom. The van der Waals surface area contributed by atoms with Gasteiger partial charge in [0, 0.05) is 5.69 Å². The van der Waals surface area contributed by atoms with Crippen LogP contribution in [0.3, 0.4) is 0 Å². The average Bonchev–Trinajstić information content (AvgIpc) is 3.30. The molecular weight excluding hydrogens is 342 g/mol. The molecule has 1 amide bonds. The number of nitrogens with one attached hydrogen (secondary N) is 1. The summed E-state index contributed by atoms with van der Waals surface area (Å²) in [6.07, 6.45) is 3.02. The van der Waals surface area contributed by atoms with Crippen molar-refractivity contribution < 1.29 is 4.79 Å². The monoisotopic (exact) mass is 359 g/mol. The maximum atomic E-state index is 12.4. The van der Waals surface area contributed by atoms with Crippen LogP contribution in [-0.2, 0) is 0 Å². The first-order valence-corrected chi connectivity index (χ1v) is 8.39. The van der Waals surface area contributed by atoms with Crippen molar-refractivity contribution in [2.45, 2.75) is 13.8 Å². The lowest BCUT2D eigenvalue weighted by atomic mass is 10.3. The first kappa shape index (κ1) is 16.6. The van der Waals surface area contributed by atoms with Gasteiger partial charge in [-0.25, -0.2) is 9.67 Å². The fraction of sp³-hybridized carbons (Fsp3) is 0.105. The number of para-hydroxylation sites is 1. The number of aryl methyl sites for hydroxylation is 2. The van der Waals surface area contributed by atoms with Gasteiger partial charge in [0.2, 0.25) is 0 Å². The van der Waals surface area contributed by atoms with Crippen LogP contribution in [0.2, 0.25) is 0 Å². The van der Waals surface area contributed by atoms with Crippen molar-refractivity contribution in [2.75, 3.05) is 5.32 Å². The molecule has 0 unspecified atom stereocenters. The molecule has 8 nitrogen and oxygen atoms in total. The van der Waals surface area contributed by atoms with Gasteiger partial charge >= 0.3 is 0 Å². The fourth-order valence-electron chi connectivity index (χ4n) is 2.69. The highest BCUT2D eigenvalue weighted by molar-refractivity contribution is 6.02. The third-order valence-electron chi connectivity index (χ3n) is 3.94. The minimum atomic E-state index is -0.349. The maximum Gasteiger partial charge on any atom is 0.277 e. The van der Waals surface area contributed by atoms with E-state index in [4.69, 9.17) is 0 Å². The van der Waals surface area contributed by atoms with Gasteiger partial charge in [0.05, 0.1) is 29.5 Å². The fourth-order valence-corrected chi connectivity index (χ4v) is 2.69. The highest BCUT2D eigenvalue weighted by Gasteiger charge is 2.12. The number of nitrogens with zero attached hydrogens (tertiary/aromatic N) is 6. The number of anilines is 1. The van der Waals surface area contributed by atoms with E-state index in [2.05, 4.69) is 25.6 Å². The summed E-state index contributed by atoms with van der Waals surface area (Å²) < 4.78 is 1.76. The van der Waals surface area contributed by atoms with Gasteiger partial charge in [-0.3, -0.25) is 4.79 Å². The molecule has 1 aromatic carbocycles. The van der Waals surface area contributed by atoms with Crippen LogP contribution in [0.25, 0.3) is 11.5 Å². The molecule has 3 heterocycles. The molecule has 134 valence electrons. The first-order valence-electron chi connectivity index (χ1n) is 8.39. The smallest absolute Gasteiger partial charge is 0.277 e. The number of rotatable bonds is 4. The quantitative estimate of drug-likeness (QED) is 0.605. The summed E-state index contributed by atoms with van der Waals surface area (Å²) >= 11 is 0. The first-order chi connectivity index (χ1) is 13.1. The van der Waals surface area contributed by atoms with Gasteiger partial charge < -0.3 is 5.32 Å². The summed E-state index contributed by atoms with van der Waals surface area (Å²) in [7, 11) is 0. The molecule has 4 rings (SSSR count). The summed E-state index contributed by atoms with van der Waals surface area (Å²) in [5.74, 6) is 0.339. The summed E-state index contributed by atoms with van der Waals surface area (Å²) in [6.45, 7) is 3.90. The number of pyridine rings is 1. The maximum absolute atomic E-state index is 12.4. The normalized spacial score (nSPS) is 10.7. The van der Waals surface area contributed by atoms with Crippen molar-refractivity contribution >= 4 is 11.6 Å². The van der Waals surface area contributed by atoms with E-state index in [9.17, 15) is 4.79 Å². The molecule has 0 radical (unpaired) electrons. The topological polar surface area (TPSA) is 90.5 Å². The summed E-state index contributed by atoms with van der Waals surface area (Å²) in [6, 6.07) is 15.0. The third kappa shape index (κ3) is 3.45. The Hall–Kier alpha value is -3.81. The molecule has 0 spiro atoms. The zero-order chi connectivity index (χ0) is 18.8. The standard InChI is InChI=1S/C19H17N7O/c1-13-10-14(2)25(23-13)18-9-8-15(11-20-18)22-19(27)17-12-21-26(24-17)16-6-4-3-5-7-16/h3-12H,1-2H3,(H,22,27). The Morgan fingerprint density at radius 3 is 2.48 bits per heavy atom. The van der Waals surface area contributed by atoms with Gasteiger partial charge in [0.1, 0.15) is 0 Å². The van der Waals surface area contributed by atoms with E-state index >= 15 is 0 Å². The Balaban J connectivity index is 1.49. The largest absolute Gasteiger partial charge is 0.319 e. The van der Waals surface area contributed by atoms with Gasteiger partial charge in [-0.05, 0) is 44.2 Å². The Morgan fingerprint density at radius 2 is 1.81 bits per heavy atom. The van der Waals surface area contributed by atoms with E-state index in [-0.39, 0.29) is 11.6 Å². The molecule has 3 aromatic heterocycles. The molecular formula is C19H17N7O. The number of carbonyl (C=O) groups is 1. The van der Waals surface area contributed by atoms with Gasteiger partial charge in [-0.1, -0.05) is 18.2 Å². The molecule has 0 aliphatic rings. The number of carbonyl (C=O) groups excluding carboxylic acids is 1. The molecule has 0 bridgehead atoms. The van der Waals surface area contributed by atoms with Gasteiger partial charge in [0.15, 0.2) is 11.5 Å². The zero-order valence-corrected chi connectivity index (χ0v) is 14.9. The average molecular weight is 359 g/mol. The van der Waals surface area contributed by atoms with Crippen molar-refractivity contribution in [3.8, 4) is 11.5 Å². The highest BCUT2D eigenvalue weighted by atomic mass is 16.2. The molecule has 0 aliphatic carbocycles. The summed E-state index contributed by atoms with van der Waals surface area (Å²) in [5, 5.41) is 15.5. The Bertz CT molecular complexity index is 1080. The highest BCUT2D eigenvalue weighted by Crippen LogP contribution is 2.13. The zero-order valence-electron chi connectivity index (χ0n) is 14.9. The number of aromatic nitrogens is 6. The van der Waals surface area contributed by atoms with Gasteiger partial charge in [0.25, 0.3) is 5.91 Å². The lowest BCUT2D eigenvalue weighted by Gasteiger charge is -2.06.